The zero-order chi connectivity index (χ0) is 29.1. The molecule has 1 fully saturated rings. The second-order valence-electron chi connectivity index (χ2n) is 10.9. The lowest BCUT2D eigenvalue weighted by molar-refractivity contribution is -0.133. The van der Waals surface area contributed by atoms with Crippen molar-refractivity contribution in [3.05, 3.63) is 69.2 Å². The normalized spacial score (nSPS) is 23.8. The van der Waals surface area contributed by atoms with Gasteiger partial charge in [-0.05, 0) is 42.0 Å². The molecule has 2 aromatic rings. The first-order valence-corrected chi connectivity index (χ1v) is 13.2. The number of likely N-dealkylation sites (tertiary alicyclic amines) is 1. The number of nitriles is 1. The van der Waals surface area contributed by atoms with Crippen molar-refractivity contribution in [1.82, 2.24) is 10.2 Å². The van der Waals surface area contributed by atoms with Crippen LogP contribution in [0.2, 0.25) is 10.0 Å². The summed E-state index contributed by atoms with van der Waals surface area (Å²) in [6.45, 7) is 5.02. The predicted molar refractivity (Wildman–Crippen MR) is 143 cm³/mol. The van der Waals surface area contributed by atoms with Gasteiger partial charge in [0.05, 0.1) is 29.8 Å². The molecule has 39 heavy (non-hydrogen) atoms. The van der Waals surface area contributed by atoms with E-state index in [1.54, 1.807) is 0 Å². The van der Waals surface area contributed by atoms with Gasteiger partial charge < -0.3 is 20.4 Å². The van der Waals surface area contributed by atoms with E-state index >= 15 is 8.78 Å². The van der Waals surface area contributed by atoms with Crippen LogP contribution >= 0.6 is 23.2 Å². The van der Waals surface area contributed by atoms with E-state index < -0.39 is 59.1 Å². The molecule has 0 aromatic heterocycles. The minimum atomic E-state index is -1.93. The third kappa shape index (κ3) is 6.04. The van der Waals surface area contributed by atoms with Crippen molar-refractivity contribution < 1.29 is 28.6 Å². The van der Waals surface area contributed by atoms with Gasteiger partial charge in [-0.15, -0.1) is 0 Å². The minimum absolute atomic E-state index is 0.00681. The number of hydrogen-bond acceptors (Lipinski definition) is 5. The molecule has 5 atom stereocenters. The molecule has 1 aliphatic rings. The Morgan fingerprint density at radius 2 is 1.97 bits per heavy atom. The topological polar surface area (TPSA) is 114 Å². The molecule has 0 saturated carbocycles. The standard InChI is InChI=1S/C28H31Cl2F2N3O4/c1-27(2,3)12-22-28(14-33,19-8-7-16(29)11-21(19)31)23(18-5-4-6-20(30)24(18)32)25(35(22)15-37)26(39)34-10-9-17(38)13-36/h4-8,11,15,17,22-23,25,36,38H,9-10,12-13H2,1-3H3,(H,34,39)/t17-,22?,23?,25?,28?/m0/s1. The van der Waals surface area contributed by atoms with Crippen molar-refractivity contribution in [2.45, 2.75) is 63.1 Å². The van der Waals surface area contributed by atoms with Crippen LogP contribution in [0.15, 0.2) is 36.4 Å². The summed E-state index contributed by atoms with van der Waals surface area (Å²) < 4.78 is 31.4. The summed E-state index contributed by atoms with van der Waals surface area (Å²) in [4.78, 5) is 27.6. The maximum Gasteiger partial charge on any atom is 0.243 e. The molecule has 0 radical (unpaired) electrons. The van der Waals surface area contributed by atoms with E-state index in [0.717, 1.165) is 11.0 Å². The number of aliphatic hydroxyl groups is 2. The fourth-order valence-corrected chi connectivity index (χ4v) is 5.78. The van der Waals surface area contributed by atoms with Gasteiger partial charge in [0.15, 0.2) is 0 Å². The third-order valence-corrected chi connectivity index (χ3v) is 7.60. The molecule has 1 saturated heterocycles. The van der Waals surface area contributed by atoms with Crippen molar-refractivity contribution in [3.63, 3.8) is 0 Å². The van der Waals surface area contributed by atoms with Crippen LogP contribution in [0.3, 0.4) is 0 Å². The molecular formula is C28H31Cl2F2N3O4. The second kappa shape index (κ2) is 12.2. The SMILES string of the molecule is CC(C)(C)CC1N(C=O)C(C(=O)NCC[C@H](O)CO)C(c2cccc(Cl)c2F)C1(C#N)c1ccc(Cl)cc1F. The van der Waals surface area contributed by atoms with Crippen LogP contribution in [0.4, 0.5) is 8.78 Å². The summed E-state index contributed by atoms with van der Waals surface area (Å²) in [7, 11) is 0. The van der Waals surface area contributed by atoms with Crippen molar-refractivity contribution in [2.75, 3.05) is 13.2 Å². The van der Waals surface area contributed by atoms with Crippen molar-refractivity contribution in [1.29, 1.82) is 5.26 Å². The van der Waals surface area contributed by atoms with Crippen molar-refractivity contribution >= 4 is 35.5 Å². The molecular weight excluding hydrogens is 551 g/mol. The van der Waals surface area contributed by atoms with E-state index in [9.17, 15) is 20.0 Å². The third-order valence-electron chi connectivity index (χ3n) is 7.07. The lowest BCUT2D eigenvalue weighted by Crippen LogP contribution is -2.48. The van der Waals surface area contributed by atoms with E-state index in [1.165, 1.54) is 30.3 Å². The molecule has 1 aliphatic heterocycles. The molecule has 0 spiro atoms. The van der Waals surface area contributed by atoms with E-state index in [2.05, 4.69) is 11.4 Å². The fraction of sp³-hybridized carbons (Fsp3) is 0.464. The van der Waals surface area contributed by atoms with E-state index in [4.69, 9.17) is 28.3 Å². The number of nitrogens with one attached hydrogen (secondary N) is 1. The molecule has 3 rings (SSSR count). The molecule has 4 unspecified atom stereocenters. The monoisotopic (exact) mass is 581 g/mol. The number of halogens is 4. The number of hydrogen-bond donors (Lipinski definition) is 3. The summed E-state index contributed by atoms with van der Waals surface area (Å²) >= 11 is 12.1. The summed E-state index contributed by atoms with van der Waals surface area (Å²) in [5.41, 5.74) is -2.70. The number of rotatable bonds is 9. The summed E-state index contributed by atoms with van der Waals surface area (Å²) in [5.74, 6) is -3.85. The molecule has 0 aliphatic carbocycles. The molecule has 3 N–H and O–H groups in total. The highest BCUT2D eigenvalue weighted by Gasteiger charge is 2.64. The van der Waals surface area contributed by atoms with Gasteiger partial charge in [0.2, 0.25) is 12.3 Å². The molecule has 2 aromatic carbocycles. The first-order valence-electron chi connectivity index (χ1n) is 12.4. The van der Waals surface area contributed by atoms with Gasteiger partial charge in [-0.2, -0.15) is 5.26 Å². The highest BCUT2D eigenvalue weighted by Crippen LogP contribution is 2.56. The Hall–Kier alpha value is -2.77. The van der Waals surface area contributed by atoms with Gasteiger partial charge in [0, 0.05) is 23.0 Å². The average Bonchev–Trinajstić information content (AvgIpc) is 3.13. The Kier molecular flexibility index (Phi) is 9.60. The minimum Gasteiger partial charge on any atom is -0.394 e. The Balaban J connectivity index is 2.35. The average molecular weight is 582 g/mol. The summed E-state index contributed by atoms with van der Waals surface area (Å²) in [6.07, 6.45) is -0.502. The Morgan fingerprint density at radius 3 is 2.54 bits per heavy atom. The quantitative estimate of drug-likeness (QED) is 0.382. The number of benzene rings is 2. The zero-order valence-corrected chi connectivity index (χ0v) is 23.3. The van der Waals surface area contributed by atoms with E-state index in [-0.39, 0.29) is 40.6 Å². The lowest BCUT2D eigenvalue weighted by Gasteiger charge is -2.38. The van der Waals surface area contributed by atoms with Gasteiger partial charge in [-0.3, -0.25) is 9.59 Å². The van der Waals surface area contributed by atoms with Crippen LogP contribution in [0.25, 0.3) is 0 Å². The number of nitrogens with zero attached hydrogens (tertiary/aromatic N) is 2. The van der Waals surface area contributed by atoms with E-state index in [0.29, 0.717) is 6.41 Å². The van der Waals surface area contributed by atoms with Crippen LogP contribution in [-0.2, 0) is 15.0 Å². The first kappa shape index (κ1) is 30.8. The van der Waals surface area contributed by atoms with Crippen LogP contribution in [-0.4, -0.2) is 58.8 Å². The van der Waals surface area contributed by atoms with Gasteiger partial charge in [-0.25, -0.2) is 8.78 Å². The van der Waals surface area contributed by atoms with Crippen LogP contribution < -0.4 is 5.32 Å². The lowest BCUT2D eigenvalue weighted by atomic mass is 9.62. The summed E-state index contributed by atoms with van der Waals surface area (Å²) in [6, 6.07) is 7.59. The molecule has 7 nitrogen and oxygen atoms in total. The highest BCUT2D eigenvalue weighted by molar-refractivity contribution is 6.31. The Labute approximate surface area is 236 Å². The molecule has 11 heteroatoms. The predicted octanol–water partition coefficient (Wildman–Crippen LogP) is 4.32. The second-order valence-corrected chi connectivity index (χ2v) is 11.8. The fourth-order valence-electron chi connectivity index (χ4n) is 5.44. The zero-order valence-electron chi connectivity index (χ0n) is 21.8. The number of aliphatic hydroxyl groups excluding tert-OH is 2. The van der Waals surface area contributed by atoms with Crippen molar-refractivity contribution in [3.8, 4) is 6.07 Å². The molecule has 1 heterocycles. The molecule has 0 bridgehead atoms. The highest BCUT2D eigenvalue weighted by atomic mass is 35.5. The molecule has 2 amide bonds. The van der Waals surface area contributed by atoms with Crippen LogP contribution in [0, 0.1) is 28.4 Å². The van der Waals surface area contributed by atoms with Crippen LogP contribution in [0.1, 0.15) is 50.7 Å². The molecule has 210 valence electrons. The van der Waals surface area contributed by atoms with Crippen LogP contribution in [0.5, 0.6) is 0 Å². The van der Waals surface area contributed by atoms with Gasteiger partial charge >= 0.3 is 0 Å². The van der Waals surface area contributed by atoms with Crippen molar-refractivity contribution in [2.24, 2.45) is 5.41 Å². The maximum absolute atomic E-state index is 15.7. The maximum atomic E-state index is 15.7. The smallest absolute Gasteiger partial charge is 0.243 e. The van der Waals surface area contributed by atoms with Gasteiger partial charge in [0.25, 0.3) is 0 Å². The summed E-state index contributed by atoms with van der Waals surface area (Å²) in [5, 5.41) is 32.1. The van der Waals surface area contributed by atoms with Gasteiger partial charge in [0.1, 0.15) is 23.1 Å². The largest absolute Gasteiger partial charge is 0.394 e. The van der Waals surface area contributed by atoms with Gasteiger partial charge in [-0.1, -0.05) is 62.2 Å². The van der Waals surface area contributed by atoms with E-state index in [1.807, 2.05) is 20.8 Å². The number of carbonyl (C=O) groups is 2. The number of carbonyl (C=O) groups excluding carboxylic acids is 2. The Morgan fingerprint density at radius 1 is 1.28 bits per heavy atom. The Bertz CT molecular complexity index is 1270. The number of amides is 2. The first-order chi connectivity index (χ1) is 18.3.